The van der Waals surface area contributed by atoms with E-state index in [1.165, 1.54) is 11.8 Å². The van der Waals surface area contributed by atoms with Crippen LogP contribution in [0, 0.1) is 0 Å². The first-order chi connectivity index (χ1) is 15.2. The van der Waals surface area contributed by atoms with E-state index in [4.69, 9.17) is 18.9 Å². The summed E-state index contributed by atoms with van der Waals surface area (Å²) >= 11 is 1.34. The molecule has 6 nitrogen and oxygen atoms in total. The van der Waals surface area contributed by atoms with Gasteiger partial charge in [0, 0.05) is 0 Å². The summed E-state index contributed by atoms with van der Waals surface area (Å²) < 4.78 is 16.5. The maximum Gasteiger partial charge on any atom is 0.267 e. The molecule has 1 amide bonds. The van der Waals surface area contributed by atoms with Crippen LogP contribution >= 0.6 is 11.8 Å². The zero-order valence-electron chi connectivity index (χ0n) is 17.3. The van der Waals surface area contributed by atoms with E-state index in [9.17, 15) is 4.79 Å². The van der Waals surface area contributed by atoms with Crippen LogP contribution in [0.25, 0.3) is 6.08 Å². The standard InChI is InChI=1S/C24H22N2O4S/c1-3-29-21-14-17(11-12-20(21)28-2)15-22-23(27)26(16-19-10-7-13-30-19)24(31-22)25-18-8-5-4-6-9-18/h4-15H,3,16H2,1-2H3/b22-15-,25-24?. The van der Waals surface area contributed by atoms with Crippen LogP contribution < -0.4 is 9.47 Å². The number of carbonyl (C=O) groups excluding carboxylic acids is 1. The van der Waals surface area contributed by atoms with E-state index < -0.39 is 0 Å². The lowest BCUT2D eigenvalue weighted by atomic mass is 10.2. The second-order valence-corrected chi connectivity index (χ2v) is 7.66. The summed E-state index contributed by atoms with van der Waals surface area (Å²) in [6, 6.07) is 18.8. The van der Waals surface area contributed by atoms with Crippen molar-refractivity contribution in [1.29, 1.82) is 0 Å². The highest BCUT2D eigenvalue weighted by atomic mass is 32.2. The van der Waals surface area contributed by atoms with Gasteiger partial charge in [-0.25, -0.2) is 4.99 Å². The minimum absolute atomic E-state index is 0.121. The van der Waals surface area contributed by atoms with Gasteiger partial charge in [-0.1, -0.05) is 24.3 Å². The minimum Gasteiger partial charge on any atom is -0.493 e. The maximum atomic E-state index is 13.2. The maximum absolute atomic E-state index is 13.2. The third-order valence-corrected chi connectivity index (χ3v) is 5.55. The summed E-state index contributed by atoms with van der Waals surface area (Å²) in [4.78, 5) is 20.1. The van der Waals surface area contributed by atoms with Gasteiger partial charge in [0.2, 0.25) is 0 Å². The third-order valence-electron chi connectivity index (χ3n) is 4.55. The highest BCUT2D eigenvalue weighted by molar-refractivity contribution is 8.18. The van der Waals surface area contributed by atoms with Gasteiger partial charge in [0.1, 0.15) is 5.76 Å². The fraction of sp³-hybridized carbons (Fsp3) is 0.167. The summed E-state index contributed by atoms with van der Waals surface area (Å²) in [5.41, 5.74) is 1.63. The number of furan rings is 1. The Bertz CT molecular complexity index is 1110. The van der Waals surface area contributed by atoms with Gasteiger partial charge in [-0.05, 0) is 66.7 Å². The number of para-hydroxylation sites is 1. The van der Waals surface area contributed by atoms with Gasteiger partial charge in [-0.15, -0.1) is 0 Å². The van der Waals surface area contributed by atoms with E-state index in [2.05, 4.69) is 0 Å². The van der Waals surface area contributed by atoms with Gasteiger partial charge >= 0.3 is 0 Å². The minimum atomic E-state index is -0.121. The molecular weight excluding hydrogens is 412 g/mol. The van der Waals surface area contributed by atoms with Crippen molar-refractivity contribution in [3.8, 4) is 11.5 Å². The molecule has 2 heterocycles. The molecule has 0 saturated carbocycles. The second kappa shape index (κ2) is 9.57. The van der Waals surface area contributed by atoms with Crippen molar-refractivity contribution >= 4 is 34.6 Å². The Morgan fingerprint density at radius 3 is 2.65 bits per heavy atom. The number of nitrogens with zero attached hydrogens (tertiary/aromatic N) is 2. The normalized spacial score (nSPS) is 16.3. The number of hydrogen-bond donors (Lipinski definition) is 0. The number of hydrogen-bond acceptors (Lipinski definition) is 6. The molecule has 2 aromatic carbocycles. The number of benzene rings is 2. The van der Waals surface area contributed by atoms with Crippen molar-refractivity contribution in [2.75, 3.05) is 13.7 Å². The molecule has 1 aliphatic rings. The number of methoxy groups -OCH3 is 1. The van der Waals surface area contributed by atoms with E-state index in [0.29, 0.717) is 40.5 Å². The van der Waals surface area contributed by atoms with E-state index in [1.54, 1.807) is 24.3 Å². The number of thioether (sulfide) groups is 1. The Kier molecular flexibility index (Phi) is 6.43. The molecule has 0 bridgehead atoms. The molecular formula is C24H22N2O4S. The van der Waals surface area contributed by atoms with Gasteiger partial charge in [-0.2, -0.15) is 0 Å². The highest BCUT2D eigenvalue weighted by Crippen LogP contribution is 2.36. The van der Waals surface area contributed by atoms with Gasteiger partial charge in [-0.3, -0.25) is 9.69 Å². The smallest absolute Gasteiger partial charge is 0.267 e. The molecule has 31 heavy (non-hydrogen) atoms. The van der Waals surface area contributed by atoms with Crippen LogP contribution in [0.4, 0.5) is 5.69 Å². The number of amides is 1. The monoisotopic (exact) mass is 434 g/mol. The predicted octanol–water partition coefficient (Wildman–Crippen LogP) is 5.49. The van der Waals surface area contributed by atoms with Crippen molar-refractivity contribution in [1.82, 2.24) is 4.90 Å². The number of amidine groups is 1. The summed E-state index contributed by atoms with van der Waals surface area (Å²) in [6.45, 7) is 2.75. The molecule has 1 aliphatic heterocycles. The Hall–Kier alpha value is -3.45. The van der Waals surface area contributed by atoms with Crippen molar-refractivity contribution in [2.45, 2.75) is 13.5 Å². The SMILES string of the molecule is CCOc1cc(/C=C2\SC(=Nc3ccccc3)N(Cc3ccco3)C2=O)ccc1OC. The third kappa shape index (κ3) is 4.83. The zero-order valence-corrected chi connectivity index (χ0v) is 18.1. The van der Waals surface area contributed by atoms with Gasteiger partial charge in [0.05, 0.1) is 37.1 Å². The first-order valence-electron chi connectivity index (χ1n) is 9.86. The molecule has 3 aromatic rings. The number of rotatable bonds is 7. The van der Waals surface area contributed by atoms with E-state index in [1.807, 2.05) is 67.6 Å². The van der Waals surface area contributed by atoms with Crippen molar-refractivity contribution in [3.63, 3.8) is 0 Å². The molecule has 1 aromatic heterocycles. The summed E-state index contributed by atoms with van der Waals surface area (Å²) in [7, 11) is 1.60. The van der Waals surface area contributed by atoms with E-state index in [-0.39, 0.29) is 5.91 Å². The van der Waals surface area contributed by atoms with Crippen LogP contribution in [0.5, 0.6) is 11.5 Å². The fourth-order valence-corrected chi connectivity index (χ4v) is 4.10. The molecule has 0 atom stereocenters. The van der Waals surface area contributed by atoms with Crippen LogP contribution in [0.2, 0.25) is 0 Å². The average Bonchev–Trinajstić information content (AvgIpc) is 3.39. The van der Waals surface area contributed by atoms with E-state index >= 15 is 0 Å². The molecule has 0 aliphatic carbocycles. The van der Waals surface area contributed by atoms with E-state index in [0.717, 1.165) is 11.3 Å². The van der Waals surface area contributed by atoms with Crippen molar-refractivity contribution in [2.24, 2.45) is 4.99 Å². The largest absolute Gasteiger partial charge is 0.493 e. The highest BCUT2D eigenvalue weighted by Gasteiger charge is 2.34. The van der Waals surface area contributed by atoms with Crippen molar-refractivity contribution < 1.29 is 18.7 Å². The lowest BCUT2D eigenvalue weighted by Gasteiger charge is -2.13. The van der Waals surface area contributed by atoms with Crippen LogP contribution in [-0.4, -0.2) is 29.7 Å². The fourth-order valence-electron chi connectivity index (χ4n) is 3.10. The molecule has 0 unspecified atom stereocenters. The number of ether oxygens (including phenoxy) is 2. The predicted molar refractivity (Wildman–Crippen MR) is 123 cm³/mol. The Labute approximate surface area is 185 Å². The van der Waals surface area contributed by atoms with Gasteiger partial charge in [0.15, 0.2) is 16.7 Å². The molecule has 0 radical (unpaired) electrons. The Morgan fingerprint density at radius 1 is 1.10 bits per heavy atom. The van der Waals surface area contributed by atoms with Crippen molar-refractivity contribution in [3.05, 3.63) is 83.2 Å². The van der Waals surface area contributed by atoms with Gasteiger partial charge < -0.3 is 13.9 Å². The molecule has 1 fully saturated rings. The zero-order chi connectivity index (χ0) is 21.6. The van der Waals surface area contributed by atoms with Crippen LogP contribution in [0.15, 0.2) is 81.2 Å². The summed E-state index contributed by atoms with van der Waals surface area (Å²) in [6.07, 6.45) is 3.44. The lowest BCUT2D eigenvalue weighted by Crippen LogP contribution is -2.28. The Morgan fingerprint density at radius 2 is 1.94 bits per heavy atom. The summed E-state index contributed by atoms with van der Waals surface area (Å²) in [5.74, 6) is 1.87. The molecule has 4 rings (SSSR count). The first-order valence-corrected chi connectivity index (χ1v) is 10.7. The molecule has 7 heteroatoms. The second-order valence-electron chi connectivity index (χ2n) is 6.65. The molecule has 0 N–H and O–H groups in total. The number of carbonyl (C=O) groups is 1. The quantitative estimate of drug-likeness (QED) is 0.460. The molecule has 0 spiro atoms. The Balaban J connectivity index is 1.68. The molecule has 1 saturated heterocycles. The van der Waals surface area contributed by atoms with Crippen LogP contribution in [-0.2, 0) is 11.3 Å². The van der Waals surface area contributed by atoms with Crippen LogP contribution in [0.1, 0.15) is 18.2 Å². The summed E-state index contributed by atoms with van der Waals surface area (Å²) in [5, 5.41) is 0.609. The first kappa shape index (κ1) is 20.8. The van der Waals surface area contributed by atoms with Gasteiger partial charge in [0.25, 0.3) is 5.91 Å². The lowest BCUT2D eigenvalue weighted by molar-refractivity contribution is -0.122. The molecule has 158 valence electrons. The van der Waals surface area contributed by atoms with Crippen LogP contribution in [0.3, 0.4) is 0 Å². The number of aliphatic imine (C=N–C) groups is 1. The average molecular weight is 435 g/mol. The topological polar surface area (TPSA) is 64.3 Å².